The van der Waals surface area contributed by atoms with Crippen LogP contribution >= 0.6 is 0 Å². The summed E-state index contributed by atoms with van der Waals surface area (Å²) in [6.45, 7) is 5.67. The maximum Gasteiger partial charge on any atom is 0.114 e. The first-order chi connectivity index (χ1) is 12.8. The molecule has 26 heavy (non-hydrogen) atoms. The molecule has 0 N–H and O–H groups in total. The zero-order chi connectivity index (χ0) is 17.5. The Labute approximate surface area is 154 Å². The van der Waals surface area contributed by atoms with Crippen LogP contribution in [0.5, 0.6) is 0 Å². The fourth-order valence-electron chi connectivity index (χ4n) is 4.38. The summed E-state index contributed by atoms with van der Waals surface area (Å²) in [6.07, 6.45) is 10.3. The normalized spacial score (nSPS) is 21.3. The van der Waals surface area contributed by atoms with E-state index in [2.05, 4.69) is 44.6 Å². The molecule has 3 aromatic rings. The Hall–Kier alpha value is -2.27. The van der Waals surface area contributed by atoms with Crippen molar-refractivity contribution in [3.8, 4) is 0 Å². The van der Waals surface area contributed by atoms with Gasteiger partial charge in [-0.25, -0.2) is 4.98 Å². The minimum absolute atomic E-state index is 0.481. The summed E-state index contributed by atoms with van der Waals surface area (Å²) < 4.78 is 2.45. The highest BCUT2D eigenvalue weighted by Crippen LogP contribution is 2.31. The van der Waals surface area contributed by atoms with E-state index in [4.69, 9.17) is 4.98 Å². The van der Waals surface area contributed by atoms with Gasteiger partial charge in [0.1, 0.15) is 5.82 Å². The summed E-state index contributed by atoms with van der Waals surface area (Å²) in [5.41, 5.74) is 4.63. The predicted molar refractivity (Wildman–Crippen MR) is 102 cm³/mol. The zero-order valence-electron chi connectivity index (χ0n) is 15.3. The van der Waals surface area contributed by atoms with E-state index in [1.165, 1.54) is 36.2 Å². The summed E-state index contributed by atoms with van der Waals surface area (Å²) in [7, 11) is 0. The van der Waals surface area contributed by atoms with E-state index in [0.717, 1.165) is 43.3 Å². The van der Waals surface area contributed by atoms with Crippen LogP contribution in [0, 0.1) is 0 Å². The first kappa shape index (κ1) is 15.9. The molecule has 5 nitrogen and oxygen atoms in total. The van der Waals surface area contributed by atoms with Crippen molar-refractivity contribution < 1.29 is 0 Å². The van der Waals surface area contributed by atoms with E-state index in [1.54, 1.807) is 12.4 Å². The Balaban J connectivity index is 1.44. The van der Waals surface area contributed by atoms with Crippen molar-refractivity contribution in [2.24, 2.45) is 0 Å². The van der Waals surface area contributed by atoms with Crippen molar-refractivity contribution in [3.05, 3.63) is 53.9 Å². The van der Waals surface area contributed by atoms with E-state index >= 15 is 0 Å². The molecular formula is C21H25N5. The second-order valence-electron chi connectivity index (χ2n) is 7.80. The van der Waals surface area contributed by atoms with Gasteiger partial charge in [-0.3, -0.25) is 14.9 Å². The van der Waals surface area contributed by atoms with Crippen LogP contribution in [0.2, 0.25) is 0 Å². The summed E-state index contributed by atoms with van der Waals surface area (Å²) in [6, 6.07) is 7.49. The van der Waals surface area contributed by atoms with Crippen molar-refractivity contribution >= 4 is 11.0 Å². The molecule has 0 saturated heterocycles. The monoisotopic (exact) mass is 347 g/mol. The first-order valence-corrected chi connectivity index (χ1v) is 9.76. The third kappa shape index (κ3) is 2.80. The molecule has 2 aliphatic rings. The lowest BCUT2D eigenvalue weighted by atomic mass is 9.91. The maximum atomic E-state index is 5.03. The molecule has 134 valence electrons. The standard InChI is InChI=1S/C21H25N5/c1-15-14-25(18-3-2-4-18)9-10-26-20-6-5-16(12-19(20)24-21(15)26)11-17-13-22-7-8-23-17/h5-8,12-13,15,18H,2-4,9-11,14H2,1H3. The fraction of sp³-hybridized carbons (Fsp3) is 0.476. The zero-order valence-corrected chi connectivity index (χ0v) is 15.3. The highest BCUT2D eigenvalue weighted by molar-refractivity contribution is 5.77. The van der Waals surface area contributed by atoms with Gasteiger partial charge in [-0.05, 0) is 30.5 Å². The Morgan fingerprint density at radius 1 is 1.15 bits per heavy atom. The van der Waals surface area contributed by atoms with Crippen LogP contribution < -0.4 is 0 Å². The molecule has 5 heteroatoms. The second kappa shape index (κ2) is 6.47. The van der Waals surface area contributed by atoms with Crippen molar-refractivity contribution in [1.82, 2.24) is 24.4 Å². The lowest BCUT2D eigenvalue weighted by Gasteiger charge is -2.37. The van der Waals surface area contributed by atoms with Crippen LogP contribution in [0.1, 0.15) is 49.2 Å². The molecular weight excluding hydrogens is 322 g/mol. The highest BCUT2D eigenvalue weighted by atomic mass is 15.2. The van der Waals surface area contributed by atoms with Crippen molar-refractivity contribution in [1.29, 1.82) is 0 Å². The molecule has 1 aliphatic carbocycles. The molecule has 5 rings (SSSR count). The van der Waals surface area contributed by atoms with Crippen molar-refractivity contribution in [2.75, 3.05) is 13.1 Å². The topological polar surface area (TPSA) is 46.8 Å². The third-order valence-electron chi connectivity index (χ3n) is 6.00. The Bertz CT molecular complexity index is 913. The number of aromatic nitrogens is 4. The van der Waals surface area contributed by atoms with Gasteiger partial charge in [-0.15, -0.1) is 0 Å². The molecule has 1 atom stereocenters. The molecule has 1 aliphatic heterocycles. The molecule has 1 aromatic carbocycles. The fourth-order valence-corrected chi connectivity index (χ4v) is 4.38. The molecule has 2 aromatic heterocycles. The lowest BCUT2D eigenvalue weighted by molar-refractivity contribution is 0.124. The first-order valence-electron chi connectivity index (χ1n) is 9.76. The average molecular weight is 347 g/mol. The van der Waals surface area contributed by atoms with Gasteiger partial charge in [-0.1, -0.05) is 19.4 Å². The minimum Gasteiger partial charge on any atom is -0.326 e. The average Bonchev–Trinajstić information content (AvgIpc) is 2.89. The van der Waals surface area contributed by atoms with Gasteiger partial charge in [0.15, 0.2) is 0 Å². The molecule has 1 saturated carbocycles. The number of fused-ring (bicyclic) bond motifs is 3. The second-order valence-corrected chi connectivity index (χ2v) is 7.80. The van der Waals surface area contributed by atoms with E-state index in [1.807, 2.05) is 6.20 Å². The van der Waals surface area contributed by atoms with Crippen LogP contribution in [0.3, 0.4) is 0 Å². The van der Waals surface area contributed by atoms with Crippen molar-refractivity contribution in [2.45, 2.75) is 51.1 Å². The SMILES string of the molecule is CC1CN(C2CCC2)CCn2c1nc1cc(Cc3cnccn3)ccc12. The van der Waals surface area contributed by atoms with Crippen LogP contribution in [-0.4, -0.2) is 43.6 Å². The smallest absolute Gasteiger partial charge is 0.114 e. The van der Waals surface area contributed by atoms with E-state index in [9.17, 15) is 0 Å². The number of hydrogen-bond acceptors (Lipinski definition) is 4. The molecule has 1 unspecified atom stereocenters. The Kier molecular flexibility index (Phi) is 3.97. The Morgan fingerprint density at radius 3 is 2.85 bits per heavy atom. The van der Waals surface area contributed by atoms with E-state index in [-0.39, 0.29) is 0 Å². The van der Waals surface area contributed by atoms with Gasteiger partial charge >= 0.3 is 0 Å². The van der Waals surface area contributed by atoms with Gasteiger partial charge in [0.25, 0.3) is 0 Å². The number of nitrogens with zero attached hydrogens (tertiary/aromatic N) is 5. The van der Waals surface area contributed by atoms with Crippen molar-refractivity contribution in [3.63, 3.8) is 0 Å². The molecule has 0 radical (unpaired) electrons. The predicted octanol–water partition coefficient (Wildman–Crippen LogP) is 3.39. The summed E-state index contributed by atoms with van der Waals surface area (Å²) in [5.74, 6) is 1.73. The van der Waals surface area contributed by atoms with Gasteiger partial charge in [0, 0.05) is 56.6 Å². The van der Waals surface area contributed by atoms with Gasteiger partial charge in [-0.2, -0.15) is 0 Å². The quantitative estimate of drug-likeness (QED) is 0.729. The molecule has 0 amide bonds. The summed E-state index contributed by atoms with van der Waals surface area (Å²) >= 11 is 0. The maximum absolute atomic E-state index is 5.03. The summed E-state index contributed by atoms with van der Waals surface area (Å²) in [4.78, 5) is 16.3. The minimum atomic E-state index is 0.481. The third-order valence-corrected chi connectivity index (χ3v) is 6.00. The van der Waals surface area contributed by atoms with E-state index in [0.29, 0.717) is 5.92 Å². The lowest BCUT2D eigenvalue weighted by Crippen LogP contribution is -2.42. The molecule has 0 bridgehead atoms. The molecule has 1 fully saturated rings. The van der Waals surface area contributed by atoms with Gasteiger partial charge in [0.2, 0.25) is 0 Å². The highest BCUT2D eigenvalue weighted by Gasteiger charge is 2.30. The van der Waals surface area contributed by atoms with Crippen LogP contribution in [0.15, 0.2) is 36.8 Å². The van der Waals surface area contributed by atoms with Gasteiger partial charge < -0.3 is 4.57 Å². The Morgan fingerprint density at radius 2 is 2.08 bits per heavy atom. The number of benzene rings is 1. The van der Waals surface area contributed by atoms with Crippen LogP contribution in [0.4, 0.5) is 0 Å². The molecule has 3 heterocycles. The van der Waals surface area contributed by atoms with Gasteiger partial charge in [0.05, 0.1) is 16.7 Å². The van der Waals surface area contributed by atoms with Crippen LogP contribution in [-0.2, 0) is 13.0 Å². The number of hydrogen-bond donors (Lipinski definition) is 0. The largest absolute Gasteiger partial charge is 0.326 e. The summed E-state index contributed by atoms with van der Waals surface area (Å²) in [5, 5.41) is 0. The number of imidazole rings is 1. The number of rotatable bonds is 3. The molecule has 0 spiro atoms. The van der Waals surface area contributed by atoms with Crippen LogP contribution in [0.25, 0.3) is 11.0 Å². The van der Waals surface area contributed by atoms with E-state index < -0.39 is 0 Å².